The summed E-state index contributed by atoms with van der Waals surface area (Å²) in [5, 5.41) is 9.45. The average molecular weight is 180 g/mol. The molecule has 0 spiro atoms. The van der Waals surface area contributed by atoms with Crippen molar-refractivity contribution in [2.24, 2.45) is 0 Å². The molecule has 0 bridgehead atoms. The summed E-state index contributed by atoms with van der Waals surface area (Å²) in [5.74, 6) is 1.18. The van der Waals surface area contributed by atoms with Crippen LogP contribution in [0.5, 0.6) is 0 Å². The number of imidazole rings is 1. The van der Waals surface area contributed by atoms with E-state index in [1.165, 1.54) is 11.5 Å². The van der Waals surface area contributed by atoms with Crippen molar-refractivity contribution in [1.29, 1.82) is 0 Å². The molecule has 1 aromatic heterocycles. The van der Waals surface area contributed by atoms with E-state index in [0.29, 0.717) is 0 Å². The zero-order valence-electron chi connectivity index (χ0n) is 8.03. The number of aryl methyl sites for hydroxylation is 1. The van der Waals surface area contributed by atoms with Crippen molar-refractivity contribution >= 4 is 0 Å². The predicted molar refractivity (Wildman–Crippen MR) is 50.5 cm³/mol. The van der Waals surface area contributed by atoms with Gasteiger partial charge in [0, 0.05) is 31.3 Å². The first-order valence-electron chi connectivity index (χ1n) is 5.02. The minimum atomic E-state index is -0.154. The highest BCUT2D eigenvalue weighted by Crippen LogP contribution is 2.17. The number of hydrogen-bond acceptors (Lipinski definition) is 2. The van der Waals surface area contributed by atoms with E-state index in [2.05, 4.69) is 16.5 Å². The molecule has 0 fully saturated rings. The summed E-state index contributed by atoms with van der Waals surface area (Å²) in [6.45, 7) is 3.10. The molecule has 72 valence electrons. The molecule has 0 aromatic carbocycles. The second-order valence-electron chi connectivity index (χ2n) is 3.71. The number of nitrogens with zero attached hydrogens (tertiary/aromatic N) is 2. The molecule has 1 aliphatic rings. The van der Waals surface area contributed by atoms with Crippen LogP contribution in [0.2, 0.25) is 0 Å². The van der Waals surface area contributed by atoms with Crippen LogP contribution >= 0.6 is 0 Å². The molecule has 0 saturated heterocycles. The summed E-state index contributed by atoms with van der Waals surface area (Å²) in [5.41, 5.74) is 1.20. The molecule has 2 rings (SSSR count). The lowest BCUT2D eigenvalue weighted by Crippen LogP contribution is -2.23. The molecular formula is C10H16N2O. The molecule has 3 nitrogen and oxygen atoms in total. The van der Waals surface area contributed by atoms with Gasteiger partial charge in [-0.2, -0.15) is 0 Å². The van der Waals surface area contributed by atoms with Gasteiger partial charge in [-0.05, 0) is 12.8 Å². The van der Waals surface area contributed by atoms with Crippen molar-refractivity contribution < 1.29 is 5.11 Å². The number of aromatic nitrogens is 2. The van der Waals surface area contributed by atoms with Gasteiger partial charge in [-0.15, -0.1) is 0 Å². The lowest BCUT2D eigenvalue weighted by molar-refractivity contribution is 0.143. The summed E-state index contributed by atoms with van der Waals surface area (Å²) in [6, 6.07) is 0. The Labute approximate surface area is 78.4 Å². The average Bonchev–Trinajstić information content (AvgIpc) is 2.49. The third kappa shape index (κ3) is 1.61. The molecule has 0 saturated carbocycles. The van der Waals surface area contributed by atoms with Gasteiger partial charge in [-0.25, -0.2) is 4.98 Å². The standard InChI is InChI=1S/C10H16N2O/c1-2-3-10-11-7-8-6-9(13)4-5-12(8)10/h7,9,13H,2-6H2,1H3. The van der Waals surface area contributed by atoms with E-state index >= 15 is 0 Å². The van der Waals surface area contributed by atoms with Gasteiger partial charge in [0.25, 0.3) is 0 Å². The Bertz CT molecular complexity index is 280. The summed E-state index contributed by atoms with van der Waals surface area (Å²) in [7, 11) is 0. The fraction of sp³-hybridized carbons (Fsp3) is 0.700. The van der Waals surface area contributed by atoms with E-state index in [-0.39, 0.29) is 6.10 Å². The minimum absolute atomic E-state index is 0.154. The minimum Gasteiger partial charge on any atom is -0.393 e. The van der Waals surface area contributed by atoms with Gasteiger partial charge >= 0.3 is 0 Å². The van der Waals surface area contributed by atoms with Crippen LogP contribution in [0.3, 0.4) is 0 Å². The molecule has 13 heavy (non-hydrogen) atoms. The third-order valence-corrected chi connectivity index (χ3v) is 2.63. The molecule has 0 radical (unpaired) electrons. The van der Waals surface area contributed by atoms with E-state index in [1.807, 2.05) is 6.20 Å². The van der Waals surface area contributed by atoms with Crippen LogP contribution in [-0.4, -0.2) is 20.8 Å². The van der Waals surface area contributed by atoms with E-state index < -0.39 is 0 Å². The van der Waals surface area contributed by atoms with Crippen LogP contribution in [0, 0.1) is 0 Å². The largest absolute Gasteiger partial charge is 0.393 e. The second kappa shape index (κ2) is 3.50. The maximum absolute atomic E-state index is 9.45. The van der Waals surface area contributed by atoms with Crippen molar-refractivity contribution in [3.63, 3.8) is 0 Å². The molecule has 1 aromatic rings. The molecule has 1 unspecified atom stereocenters. The Balaban J connectivity index is 2.23. The van der Waals surface area contributed by atoms with E-state index in [9.17, 15) is 5.11 Å². The maximum Gasteiger partial charge on any atom is 0.108 e. The summed E-state index contributed by atoms with van der Waals surface area (Å²) >= 11 is 0. The highest BCUT2D eigenvalue weighted by molar-refractivity contribution is 5.09. The molecule has 1 aliphatic heterocycles. The van der Waals surface area contributed by atoms with Crippen molar-refractivity contribution in [3.05, 3.63) is 17.7 Å². The van der Waals surface area contributed by atoms with Crippen molar-refractivity contribution in [2.45, 2.75) is 45.3 Å². The highest BCUT2D eigenvalue weighted by atomic mass is 16.3. The fourth-order valence-electron chi connectivity index (χ4n) is 1.93. The number of aliphatic hydroxyl groups is 1. The molecule has 0 amide bonds. The maximum atomic E-state index is 9.45. The Kier molecular flexibility index (Phi) is 2.36. The topological polar surface area (TPSA) is 38.0 Å². The fourth-order valence-corrected chi connectivity index (χ4v) is 1.93. The molecule has 3 heteroatoms. The van der Waals surface area contributed by atoms with E-state index in [0.717, 1.165) is 32.2 Å². The zero-order valence-corrected chi connectivity index (χ0v) is 8.03. The summed E-state index contributed by atoms with van der Waals surface area (Å²) in [6.07, 6.45) is 5.60. The lowest BCUT2D eigenvalue weighted by atomic mass is 10.1. The van der Waals surface area contributed by atoms with Gasteiger partial charge in [0.05, 0.1) is 6.10 Å². The monoisotopic (exact) mass is 180 g/mol. The van der Waals surface area contributed by atoms with Gasteiger partial charge in [0.15, 0.2) is 0 Å². The Morgan fingerprint density at radius 1 is 1.69 bits per heavy atom. The number of rotatable bonds is 2. The van der Waals surface area contributed by atoms with Crippen LogP contribution in [0.15, 0.2) is 6.20 Å². The normalized spacial score (nSPS) is 21.5. The van der Waals surface area contributed by atoms with Gasteiger partial charge < -0.3 is 9.67 Å². The van der Waals surface area contributed by atoms with Crippen LogP contribution in [0.4, 0.5) is 0 Å². The Morgan fingerprint density at radius 3 is 3.31 bits per heavy atom. The van der Waals surface area contributed by atoms with Crippen LogP contribution in [-0.2, 0) is 19.4 Å². The van der Waals surface area contributed by atoms with Crippen molar-refractivity contribution in [1.82, 2.24) is 9.55 Å². The van der Waals surface area contributed by atoms with Gasteiger partial charge in [0.1, 0.15) is 5.82 Å². The van der Waals surface area contributed by atoms with Crippen LogP contribution < -0.4 is 0 Å². The summed E-state index contributed by atoms with van der Waals surface area (Å²) in [4.78, 5) is 4.37. The number of fused-ring (bicyclic) bond motifs is 1. The molecule has 1 N–H and O–H groups in total. The number of hydrogen-bond donors (Lipinski definition) is 1. The van der Waals surface area contributed by atoms with Gasteiger partial charge in [0.2, 0.25) is 0 Å². The predicted octanol–water partition coefficient (Wildman–Crippen LogP) is 1.14. The molecule has 1 atom stereocenters. The first-order valence-corrected chi connectivity index (χ1v) is 5.02. The lowest BCUT2D eigenvalue weighted by Gasteiger charge is -2.20. The highest BCUT2D eigenvalue weighted by Gasteiger charge is 2.18. The first-order chi connectivity index (χ1) is 6.31. The van der Waals surface area contributed by atoms with Crippen molar-refractivity contribution in [3.8, 4) is 0 Å². The van der Waals surface area contributed by atoms with E-state index in [4.69, 9.17) is 0 Å². The van der Waals surface area contributed by atoms with Crippen molar-refractivity contribution in [2.75, 3.05) is 0 Å². The third-order valence-electron chi connectivity index (χ3n) is 2.63. The Morgan fingerprint density at radius 2 is 2.54 bits per heavy atom. The molecular weight excluding hydrogens is 164 g/mol. The summed E-state index contributed by atoms with van der Waals surface area (Å²) < 4.78 is 2.26. The SMILES string of the molecule is CCCc1ncc2n1CCC(O)C2. The Hall–Kier alpha value is -0.830. The first kappa shape index (κ1) is 8.75. The second-order valence-corrected chi connectivity index (χ2v) is 3.71. The van der Waals surface area contributed by atoms with Crippen LogP contribution in [0.25, 0.3) is 0 Å². The quantitative estimate of drug-likeness (QED) is 0.741. The smallest absolute Gasteiger partial charge is 0.108 e. The molecule has 2 heterocycles. The van der Waals surface area contributed by atoms with Gasteiger partial charge in [-0.1, -0.05) is 6.92 Å². The number of aliphatic hydroxyl groups excluding tert-OH is 1. The van der Waals surface area contributed by atoms with Gasteiger partial charge in [-0.3, -0.25) is 0 Å². The van der Waals surface area contributed by atoms with E-state index in [1.54, 1.807) is 0 Å². The zero-order chi connectivity index (χ0) is 9.26. The molecule has 0 aliphatic carbocycles. The van der Waals surface area contributed by atoms with Crippen LogP contribution in [0.1, 0.15) is 31.3 Å².